The number of hydrogen-bond donors (Lipinski definition) is 2. The molecule has 1 aliphatic heterocycles. The fraction of sp³-hybridized carbons (Fsp3) is 0.929. The third-order valence-electron chi connectivity index (χ3n) is 4.13. The molecular weight excluding hydrogens is 228 g/mol. The molecule has 2 rings (SSSR count). The van der Waals surface area contributed by atoms with E-state index in [0.29, 0.717) is 24.5 Å². The minimum Gasteiger partial charge on any atom is -0.378 e. The van der Waals surface area contributed by atoms with Crippen molar-refractivity contribution < 1.29 is 9.53 Å². The molecule has 104 valence electrons. The van der Waals surface area contributed by atoms with Crippen molar-refractivity contribution in [3.05, 3.63) is 0 Å². The van der Waals surface area contributed by atoms with Gasteiger partial charge in [-0.15, -0.1) is 0 Å². The Kier molecular flexibility index (Phi) is 4.62. The Bertz CT molecular complexity index is 276. The number of ether oxygens (including phenoxy) is 1. The molecule has 1 saturated heterocycles. The van der Waals surface area contributed by atoms with Gasteiger partial charge in [0.1, 0.15) is 0 Å². The van der Waals surface area contributed by atoms with E-state index < -0.39 is 0 Å². The maximum absolute atomic E-state index is 11.9. The average molecular weight is 254 g/mol. The second-order valence-corrected chi connectivity index (χ2v) is 6.44. The van der Waals surface area contributed by atoms with Gasteiger partial charge in [0.2, 0.25) is 5.91 Å². The number of carbonyl (C=O) groups excluding carboxylic acids is 1. The summed E-state index contributed by atoms with van der Waals surface area (Å²) in [5.41, 5.74) is 0.458. The van der Waals surface area contributed by atoms with Crippen LogP contribution in [0.15, 0.2) is 0 Å². The van der Waals surface area contributed by atoms with Crippen LogP contribution in [0.1, 0.15) is 46.0 Å². The number of rotatable bonds is 3. The first-order valence-corrected chi connectivity index (χ1v) is 7.16. The zero-order valence-corrected chi connectivity index (χ0v) is 11.6. The molecule has 0 aromatic rings. The monoisotopic (exact) mass is 254 g/mol. The molecular formula is C14H26N2O2. The lowest BCUT2D eigenvalue weighted by atomic mass is 9.75. The topological polar surface area (TPSA) is 50.4 Å². The van der Waals surface area contributed by atoms with Gasteiger partial charge in [-0.2, -0.15) is 0 Å². The van der Waals surface area contributed by atoms with Crippen molar-refractivity contribution in [1.29, 1.82) is 0 Å². The average Bonchev–Trinajstić information content (AvgIpc) is 2.33. The largest absolute Gasteiger partial charge is 0.378 e. The van der Waals surface area contributed by atoms with Crippen molar-refractivity contribution in [3.63, 3.8) is 0 Å². The van der Waals surface area contributed by atoms with Crippen molar-refractivity contribution in [1.82, 2.24) is 10.6 Å². The summed E-state index contributed by atoms with van der Waals surface area (Å²) in [5.74, 6) is 0.169. The Labute approximate surface area is 110 Å². The molecule has 1 saturated carbocycles. The van der Waals surface area contributed by atoms with Crippen LogP contribution in [-0.4, -0.2) is 37.7 Å². The van der Waals surface area contributed by atoms with Gasteiger partial charge in [-0.3, -0.25) is 4.79 Å². The first-order valence-electron chi connectivity index (χ1n) is 7.16. The molecule has 1 heterocycles. The summed E-state index contributed by atoms with van der Waals surface area (Å²) in [6.07, 6.45) is 5.20. The van der Waals surface area contributed by atoms with Crippen molar-refractivity contribution in [2.24, 2.45) is 5.41 Å². The fourth-order valence-corrected chi connectivity index (χ4v) is 2.80. The van der Waals surface area contributed by atoms with Crippen LogP contribution >= 0.6 is 0 Å². The quantitative estimate of drug-likeness (QED) is 0.801. The highest BCUT2D eigenvalue weighted by Gasteiger charge is 2.28. The molecule has 2 aliphatic rings. The van der Waals surface area contributed by atoms with Gasteiger partial charge in [-0.25, -0.2) is 0 Å². The van der Waals surface area contributed by atoms with Crippen molar-refractivity contribution in [3.8, 4) is 0 Å². The maximum Gasteiger partial charge on any atom is 0.221 e. The zero-order chi connectivity index (χ0) is 13.0. The number of carbonyl (C=O) groups is 1. The molecule has 0 aromatic carbocycles. The predicted molar refractivity (Wildman–Crippen MR) is 71.4 cm³/mol. The Morgan fingerprint density at radius 1 is 1.39 bits per heavy atom. The molecule has 2 N–H and O–H groups in total. The van der Waals surface area contributed by atoms with Crippen LogP contribution in [0, 0.1) is 5.41 Å². The van der Waals surface area contributed by atoms with Crippen LogP contribution in [0.25, 0.3) is 0 Å². The number of morpholine rings is 1. The molecule has 1 atom stereocenters. The minimum atomic E-state index is 0.169. The van der Waals surface area contributed by atoms with Gasteiger partial charge in [0.25, 0.3) is 0 Å². The van der Waals surface area contributed by atoms with Crippen LogP contribution in [0.2, 0.25) is 0 Å². The Morgan fingerprint density at radius 3 is 2.72 bits per heavy atom. The van der Waals surface area contributed by atoms with Crippen LogP contribution in [0.5, 0.6) is 0 Å². The van der Waals surface area contributed by atoms with E-state index in [1.807, 2.05) is 0 Å². The van der Waals surface area contributed by atoms with Crippen LogP contribution in [-0.2, 0) is 9.53 Å². The molecule has 1 aliphatic carbocycles. The SMILES string of the molecule is CC1(C)CCC(NC(=O)CC2COCCN2)CC1. The predicted octanol–water partition coefficient (Wildman–Crippen LogP) is 1.45. The molecule has 1 amide bonds. The number of amides is 1. The fourth-order valence-electron chi connectivity index (χ4n) is 2.80. The van der Waals surface area contributed by atoms with E-state index in [2.05, 4.69) is 24.5 Å². The Hall–Kier alpha value is -0.610. The molecule has 4 heteroatoms. The van der Waals surface area contributed by atoms with E-state index in [9.17, 15) is 4.79 Å². The van der Waals surface area contributed by atoms with Gasteiger partial charge in [0, 0.05) is 25.0 Å². The lowest BCUT2D eigenvalue weighted by molar-refractivity contribution is -0.123. The smallest absolute Gasteiger partial charge is 0.221 e. The van der Waals surface area contributed by atoms with E-state index in [1.165, 1.54) is 12.8 Å². The Morgan fingerprint density at radius 2 is 2.11 bits per heavy atom. The van der Waals surface area contributed by atoms with Crippen LogP contribution in [0.3, 0.4) is 0 Å². The summed E-state index contributed by atoms with van der Waals surface area (Å²) in [6.45, 7) is 6.90. The third-order valence-corrected chi connectivity index (χ3v) is 4.13. The normalized spacial score (nSPS) is 28.9. The standard InChI is InChI=1S/C14H26N2O2/c1-14(2)5-3-11(4-6-14)16-13(17)9-12-10-18-8-7-15-12/h11-12,15H,3-10H2,1-2H3,(H,16,17). The van der Waals surface area contributed by atoms with Crippen LogP contribution in [0.4, 0.5) is 0 Å². The summed E-state index contributed by atoms with van der Waals surface area (Å²) >= 11 is 0. The molecule has 0 aromatic heterocycles. The third kappa shape index (κ3) is 4.25. The molecule has 18 heavy (non-hydrogen) atoms. The molecule has 0 bridgehead atoms. The van der Waals surface area contributed by atoms with Gasteiger partial charge in [-0.05, 0) is 31.1 Å². The molecule has 1 unspecified atom stereocenters. The summed E-state index contributed by atoms with van der Waals surface area (Å²) in [4.78, 5) is 11.9. The maximum atomic E-state index is 11.9. The summed E-state index contributed by atoms with van der Waals surface area (Å²) in [5, 5.41) is 6.48. The first-order chi connectivity index (χ1) is 8.55. The number of hydrogen-bond acceptors (Lipinski definition) is 3. The summed E-state index contributed by atoms with van der Waals surface area (Å²) in [7, 11) is 0. The van der Waals surface area contributed by atoms with Gasteiger partial charge >= 0.3 is 0 Å². The zero-order valence-electron chi connectivity index (χ0n) is 11.6. The van der Waals surface area contributed by atoms with Crippen molar-refractivity contribution in [2.75, 3.05) is 19.8 Å². The van der Waals surface area contributed by atoms with E-state index in [0.717, 1.165) is 26.0 Å². The highest BCUT2D eigenvalue weighted by atomic mass is 16.5. The molecule has 0 radical (unpaired) electrons. The molecule has 2 fully saturated rings. The Balaban J connectivity index is 1.68. The van der Waals surface area contributed by atoms with Crippen molar-refractivity contribution >= 4 is 5.91 Å². The minimum absolute atomic E-state index is 0.169. The second-order valence-electron chi connectivity index (χ2n) is 6.44. The summed E-state index contributed by atoms with van der Waals surface area (Å²) < 4.78 is 5.36. The van der Waals surface area contributed by atoms with E-state index in [-0.39, 0.29) is 11.9 Å². The first kappa shape index (κ1) is 13.8. The van der Waals surface area contributed by atoms with E-state index >= 15 is 0 Å². The van der Waals surface area contributed by atoms with Crippen LogP contribution < -0.4 is 10.6 Å². The molecule has 4 nitrogen and oxygen atoms in total. The second kappa shape index (κ2) is 6.02. The highest BCUT2D eigenvalue weighted by Crippen LogP contribution is 2.34. The van der Waals surface area contributed by atoms with Crippen molar-refractivity contribution in [2.45, 2.75) is 58.0 Å². The number of nitrogens with one attached hydrogen (secondary N) is 2. The van der Waals surface area contributed by atoms with E-state index in [1.54, 1.807) is 0 Å². The van der Waals surface area contributed by atoms with Gasteiger partial charge < -0.3 is 15.4 Å². The van der Waals surface area contributed by atoms with Gasteiger partial charge in [0.05, 0.1) is 13.2 Å². The van der Waals surface area contributed by atoms with Gasteiger partial charge in [0.15, 0.2) is 0 Å². The van der Waals surface area contributed by atoms with Gasteiger partial charge in [-0.1, -0.05) is 13.8 Å². The summed E-state index contributed by atoms with van der Waals surface area (Å²) in [6, 6.07) is 0.578. The lowest BCUT2D eigenvalue weighted by Crippen LogP contribution is -2.46. The molecule has 0 spiro atoms. The highest BCUT2D eigenvalue weighted by molar-refractivity contribution is 5.76. The van der Waals surface area contributed by atoms with E-state index in [4.69, 9.17) is 4.74 Å². The lowest BCUT2D eigenvalue weighted by Gasteiger charge is -2.35.